The first-order chi connectivity index (χ1) is 3.13. The lowest BCUT2D eigenvalue weighted by Gasteiger charge is -1.82. The molecule has 5 heteroatoms. The zero-order valence-electron chi connectivity index (χ0n) is 3.31. The van der Waals surface area contributed by atoms with Gasteiger partial charge in [0, 0.05) is 5.70 Å². The van der Waals surface area contributed by atoms with E-state index in [-0.39, 0.29) is 5.70 Å². The summed E-state index contributed by atoms with van der Waals surface area (Å²) in [4.78, 5) is 0. The van der Waals surface area contributed by atoms with E-state index in [4.69, 9.17) is 10.2 Å². The Bertz CT molecular complexity index is 77.8. The molecule has 0 amide bonds. The normalized spacial score (nSPS) is 9.00. The molecule has 0 aromatic heterocycles. The van der Waals surface area contributed by atoms with Crippen LogP contribution < -0.4 is 0 Å². The molecule has 0 fully saturated rings. The number of rotatable bonds is 1. The van der Waals surface area contributed by atoms with E-state index >= 15 is 0 Å². The number of aliphatic hydroxyl groups is 2. The maximum Gasteiger partial charge on any atom is 0.441 e. The molecule has 0 aliphatic heterocycles. The van der Waals surface area contributed by atoms with Crippen LogP contribution in [0.2, 0.25) is 0 Å². The van der Waals surface area contributed by atoms with Crippen LogP contribution in [0.5, 0.6) is 0 Å². The van der Waals surface area contributed by atoms with Crippen molar-refractivity contribution >= 4 is 9.46 Å². The van der Waals surface area contributed by atoms with Gasteiger partial charge in [0.2, 0.25) is 0 Å². The van der Waals surface area contributed by atoms with Crippen molar-refractivity contribution in [3.63, 3.8) is 0 Å². The molecule has 0 heterocycles. The molecule has 0 radical (unpaired) electrons. The Balaban J connectivity index is 3.45. The van der Waals surface area contributed by atoms with E-state index < -0.39 is 15.4 Å². The van der Waals surface area contributed by atoms with Crippen LogP contribution in [0.15, 0.2) is 11.6 Å². The molecule has 0 rings (SSSR count). The fourth-order valence-corrected chi connectivity index (χ4v) is 0.338. The topological polar surface area (TPSA) is 40.5 Å². The minimum absolute atomic E-state index is 0.167. The fourth-order valence-electron chi connectivity index (χ4n) is 0.113. The Morgan fingerprint density at radius 3 is 1.86 bits per heavy atom. The van der Waals surface area contributed by atoms with Crippen LogP contribution in [0.4, 0.5) is 8.22 Å². The number of aliphatic hydroxyl groups excluding tert-OH is 1. The van der Waals surface area contributed by atoms with Crippen molar-refractivity contribution in [1.29, 1.82) is 0 Å². The first-order valence-electron chi connectivity index (χ1n) is 1.51. The van der Waals surface area contributed by atoms with Gasteiger partial charge in [-0.25, -0.2) is 0 Å². The zero-order valence-corrected chi connectivity index (χ0v) is 4.46. The summed E-state index contributed by atoms with van der Waals surface area (Å²) in [5, 5.41) is 15.4. The molecule has 7 heavy (non-hydrogen) atoms. The van der Waals surface area contributed by atoms with Gasteiger partial charge in [-0.1, -0.05) is 0 Å². The highest BCUT2D eigenvalue weighted by molar-refractivity contribution is 6.49. The van der Waals surface area contributed by atoms with Crippen LogP contribution in [-0.4, -0.2) is 19.7 Å². The second-order valence-corrected chi connectivity index (χ2v) is 1.86. The van der Waals surface area contributed by atoms with Crippen LogP contribution in [0.25, 0.3) is 0 Å². The molecule has 42 valence electrons. The smallest absolute Gasteiger partial charge is 0.441 e. The molecule has 0 aliphatic carbocycles. The minimum atomic E-state index is -3.89. The zero-order chi connectivity index (χ0) is 5.86. The Morgan fingerprint density at radius 1 is 1.43 bits per heavy atom. The first kappa shape index (κ1) is 6.42. The van der Waals surface area contributed by atoms with Gasteiger partial charge in [-0.05, 0) is 0 Å². The van der Waals surface area contributed by atoms with E-state index in [9.17, 15) is 8.22 Å². The summed E-state index contributed by atoms with van der Waals surface area (Å²) in [5.74, 6) is -1.28. The lowest BCUT2D eigenvalue weighted by Crippen LogP contribution is -1.91. The summed E-state index contributed by atoms with van der Waals surface area (Å²) in [5.41, 5.74) is 0.167. The Labute approximate surface area is 40.7 Å². The summed E-state index contributed by atoms with van der Waals surface area (Å²) >= 11 is 0. The molecule has 0 bridgehead atoms. The van der Waals surface area contributed by atoms with Crippen LogP contribution in [-0.2, 0) is 0 Å². The van der Waals surface area contributed by atoms with Crippen LogP contribution in [0, 0.1) is 0 Å². The number of hydrogen-bond acceptors (Lipinski definition) is 2. The average molecular weight is 126 g/mol. The van der Waals surface area contributed by atoms with Crippen LogP contribution >= 0.6 is 0 Å². The monoisotopic (exact) mass is 126 g/mol. The third-order valence-corrected chi connectivity index (χ3v) is 0.825. The predicted molar refractivity (Wildman–Crippen MR) is 22.7 cm³/mol. The Kier molecular flexibility index (Phi) is 2.35. The van der Waals surface area contributed by atoms with Gasteiger partial charge < -0.3 is 10.2 Å². The van der Waals surface area contributed by atoms with Gasteiger partial charge in [0.15, 0.2) is 0 Å². The summed E-state index contributed by atoms with van der Waals surface area (Å²) in [6, 6.07) is 0. The molecule has 0 saturated carbocycles. The largest absolute Gasteiger partial charge is 0.481 e. The molecular weight excluding hydrogens is 122 g/mol. The molecule has 0 atom stereocenters. The highest BCUT2D eigenvalue weighted by atomic mass is 28.4. The molecule has 0 spiro atoms. The molecular formula is C2H4F2O2Si. The van der Waals surface area contributed by atoms with Crippen molar-refractivity contribution < 1.29 is 18.4 Å². The van der Waals surface area contributed by atoms with Gasteiger partial charge in [0.1, 0.15) is 0 Å². The Hall–Kier alpha value is -0.583. The third-order valence-electron chi connectivity index (χ3n) is 0.275. The van der Waals surface area contributed by atoms with Gasteiger partial charge in [-0.15, -0.1) is 0 Å². The maximum absolute atomic E-state index is 11.0. The van der Waals surface area contributed by atoms with Crippen molar-refractivity contribution in [3.8, 4) is 0 Å². The standard InChI is InChI=1S/C2H4F2O2Si/c3-7(4)1-2(5)6/h1,5-7H. The number of halogens is 2. The molecule has 0 aromatic carbocycles. The van der Waals surface area contributed by atoms with Crippen molar-refractivity contribution in [3.05, 3.63) is 11.6 Å². The highest BCUT2D eigenvalue weighted by Gasteiger charge is 2.02. The number of hydrogen-bond donors (Lipinski definition) is 2. The second kappa shape index (κ2) is 2.57. The first-order valence-corrected chi connectivity index (χ1v) is 3.05. The Morgan fingerprint density at radius 2 is 1.86 bits per heavy atom. The summed E-state index contributed by atoms with van der Waals surface area (Å²) in [6.45, 7) is 0. The molecule has 2 nitrogen and oxygen atoms in total. The lowest BCUT2D eigenvalue weighted by molar-refractivity contribution is 0.192. The fraction of sp³-hybridized carbons (Fsp3) is 0. The quantitative estimate of drug-likeness (QED) is 0.307. The van der Waals surface area contributed by atoms with Gasteiger partial charge in [0.25, 0.3) is 5.95 Å². The van der Waals surface area contributed by atoms with E-state index in [1.54, 1.807) is 0 Å². The van der Waals surface area contributed by atoms with Crippen molar-refractivity contribution in [2.24, 2.45) is 0 Å². The van der Waals surface area contributed by atoms with Crippen molar-refractivity contribution in [2.75, 3.05) is 0 Å². The maximum atomic E-state index is 11.0. The second-order valence-electron chi connectivity index (χ2n) is 0.859. The SMILES string of the molecule is OC(O)=C[SiH](F)F. The molecule has 0 saturated heterocycles. The van der Waals surface area contributed by atoms with E-state index in [2.05, 4.69) is 0 Å². The average Bonchev–Trinajstić information content (AvgIpc) is 1.27. The lowest BCUT2D eigenvalue weighted by atomic mass is 11.1. The van der Waals surface area contributed by atoms with E-state index in [0.29, 0.717) is 0 Å². The van der Waals surface area contributed by atoms with Gasteiger partial charge in [-0.3, -0.25) is 8.22 Å². The molecule has 0 aliphatic rings. The molecule has 0 aromatic rings. The highest BCUT2D eigenvalue weighted by Crippen LogP contribution is 1.89. The summed E-state index contributed by atoms with van der Waals surface area (Å²) < 4.78 is 22.1. The molecule has 0 unspecified atom stereocenters. The van der Waals surface area contributed by atoms with E-state index in [0.717, 1.165) is 0 Å². The summed E-state index contributed by atoms with van der Waals surface area (Å²) in [7, 11) is -3.89. The molecule has 2 N–H and O–H groups in total. The van der Waals surface area contributed by atoms with E-state index in [1.807, 2.05) is 0 Å². The van der Waals surface area contributed by atoms with Crippen molar-refractivity contribution in [2.45, 2.75) is 0 Å². The summed E-state index contributed by atoms with van der Waals surface area (Å²) in [6.07, 6.45) is 0. The van der Waals surface area contributed by atoms with Crippen molar-refractivity contribution in [1.82, 2.24) is 0 Å². The van der Waals surface area contributed by atoms with Crippen LogP contribution in [0.1, 0.15) is 0 Å². The van der Waals surface area contributed by atoms with Gasteiger partial charge >= 0.3 is 9.46 Å². The van der Waals surface area contributed by atoms with Gasteiger partial charge in [0.05, 0.1) is 0 Å². The van der Waals surface area contributed by atoms with E-state index in [1.165, 1.54) is 0 Å². The minimum Gasteiger partial charge on any atom is -0.481 e. The predicted octanol–water partition coefficient (Wildman–Crippen LogP) is 0.643. The van der Waals surface area contributed by atoms with Crippen LogP contribution in [0.3, 0.4) is 0 Å². The van der Waals surface area contributed by atoms with Gasteiger partial charge in [-0.2, -0.15) is 0 Å². The third kappa shape index (κ3) is 5.42.